The lowest BCUT2D eigenvalue weighted by Gasteiger charge is -2.39. The smallest absolute Gasteiger partial charge is 0.248 e. The van der Waals surface area contributed by atoms with Crippen LogP contribution in [0.5, 0.6) is 0 Å². The summed E-state index contributed by atoms with van der Waals surface area (Å²) < 4.78 is 0. The molecule has 1 aromatic heterocycles. The van der Waals surface area contributed by atoms with E-state index in [0.29, 0.717) is 6.04 Å². The SMILES string of the molecule is CN(c1ccccc1Cl)C1CCN(C(=NC2(C(=O)NCCC3CC3)CC2)c2cccnn2)CC1. The molecule has 0 spiro atoms. The van der Waals surface area contributed by atoms with Gasteiger partial charge in [-0.2, -0.15) is 5.10 Å². The van der Waals surface area contributed by atoms with E-state index in [4.69, 9.17) is 16.6 Å². The number of carbonyl (C=O) groups excluding carboxylic acids is 1. The highest BCUT2D eigenvalue weighted by molar-refractivity contribution is 6.33. The van der Waals surface area contributed by atoms with E-state index >= 15 is 0 Å². The van der Waals surface area contributed by atoms with E-state index in [1.807, 2.05) is 30.3 Å². The predicted molar refractivity (Wildman–Crippen MR) is 135 cm³/mol. The molecule has 1 N–H and O–H groups in total. The van der Waals surface area contributed by atoms with E-state index in [2.05, 4.69) is 38.4 Å². The van der Waals surface area contributed by atoms with E-state index in [1.165, 1.54) is 12.8 Å². The molecular weight excluding hydrogens is 448 g/mol. The second kappa shape index (κ2) is 9.90. The molecule has 34 heavy (non-hydrogen) atoms. The molecule has 2 saturated carbocycles. The summed E-state index contributed by atoms with van der Waals surface area (Å²) in [6, 6.07) is 12.2. The number of amides is 1. The lowest BCUT2D eigenvalue weighted by Crippen LogP contribution is -2.47. The van der Waals surface area contributed by atoms with Crippen LogP contribution in [0, 0.1) is 5.92 Å². The predicted octanol–water partition coefficient (Wildman–Crippen LogP) is 3.93. The van der Waals surface area contributed by atoms with Gasteiger partial charge in [-0.05, 0) is 62.3 Å². The van der Waals surface area contributed by atoms with Crippen LogP contribution >= 0.6 is 11.6 Å². The zero-order valence-corrected chi connectivity index (χ0v) is 20.5. The first-order valence-corrected chi connectivity index (χ1v) is 12.8. The van der Waals surface area contributed by atoms with Gasteiger partial charge in [-0.25, -0.2) is 4.99 Å². The number of benzene rings is 1. The van der Waals surface area contributed by atoms with Crippen molar-refractivity contribution >= 4 is 29.0 Å². The molecule has 1 aromatic carbocycles. The topological polar surface area (TPSA) is 73.7 Å². The van der Waals surface area contributed by atoms with Crippen molar-refractivity contribution in [2.75, 3.05) is 31.6 Å². The fourth-order valence-corrected chi connectivity index (χ4v) is 5.05. The maximum atomic E-state index is 13.0. The average Bonchev–Trinajstić information content (AvgIpc) is 3.80. The molecule has 2 heterocycles. The number of anilines is 1. The molecule has 7 nitrogen and oxygen atoms in total. The average molecular weight is 481 g/mol. The molecule has 0 atom stereocenters. The number of carbonyl (C=O) groups is 1. The number of rotatable bonds is 8. The Labute approximate surface area is 206 Å². The minimum atomic E-state index is -0.651. The van der Waals surface area contributed by atoms with Gasteiger partial charge in [0.05, 0.1) is 10.7 Å². The van der Waals surface area contributed by atoms with Crippen molar-refractivity contribution in [3.8, 4) is 0 Å². The molecule has 0 radical (unpaired) electrons. The lowest BCUT2D eigenvalue weighted by molar-refractivity contribution is -0.123. The summed E-state index contributed by atoms with van der Waals surface area (Å²) in [5.41, 5.74) is 1.14. The maximum absolute atomic E-state index is 13.0. The molecule has 8 heteroatoms. The monoisotopic (exact) mass is 480 g/mol. The standard InChI is InChI=1S/C26H33ClN6O/c1-32(23-7-3-2-5-21(23)27)20-11-17-33(18-12-20)24(22-6-4-15-29-31-22)30-26(13-14-26)25(34)28-16-10-19-8-9-19/h2-7,15,19-20H,8-14,16-18H2,1H3,(H,28,34). The summed E-state index contributed by atoms with van der Waals surface area (Å²) >= 11 is 6.44. The Morgan fingerprint density at radius 3 is 2.59 bits per heavy atom. The second-order valence-electron chi connectivity index (χ2n) is 9.84. The minimum Gasteiger partial charge on any atom is -0.370 e. The molecule has 3 fully saturated rings. The third-order valence-corrected chi connectivity index (χ3v) is 7.67. The summed E-state index contributed by atoms with van der Waals surface area (Å²) in [5, 5.41) is 12.4. The maximum Gasteiger partial charge on any atom is 0.248 e. The van der Waals surface area contributed by atoms with Gasteiger partial charge < -0.3 is 15.1 Å². The number of halogens is 1. The van der Waals surface area contributed by atoms with Gasteiger partial charge in [-0.3, -0.25) is 4.79 Å². The third kappa shape index (κ3) is 5.19. The fourth-order valence-electron chi connectivity index (χ4n) is 4.78. The number of nitrogens with zero attached hydrogens (tertiary/aromatic N) is 5. The highest BCUT2D eigenvalue weighted by atomic mass is 35.5. The first-order valence-electron chi connectivity index (χ1n) is 12.4. The van der Waals surface area contributed by atoms with Gasteiger partial charge >= 0.3 is 0 Å². The van der Waals surface area contributed by atoms with Crippen LogP contribution in [-0.4, -0.2) is 65.1 Å². The van der Waals surface area contributed by atoms with E-state index in [1.54, 1.807) is 6.20 Å². The van der Waals surface area contributed by atoms with Crippen molar-refractivity contribution < 1.29 is 4.79 Å². The number of amidine groups is 1. The Bertz CT molecular complexity index is 1030. The first-order chi connectivity index (χ1) is 16.6. The molecule has 1 saturated heterocycles. The van der Waals surface area contributed by atoms with E-state index < -0.39 is 5.54 Å². The Morgan fingerprint density at radius 2 is 1.94 bits per heavy atom. The number of aliphatic imine (C=N–C) groups is 1. The molecule has 2 aliphatic carbocycles. The lowest BCUT2D eigenvalue weighted by atomic mass is 10.0. The number of piperidine rings is 1. The number of likely N-dealkylation sites (tertiary alicyclic amines) is 1. The van der Waals surface area contributed by atoms with E-state index in [-0.39, 0.29) is 5.91 Å². The van der Waals surface area contributed by atoms with Gasteiger partial charge in [0, 0.05) is 38.9 Å². The van der Waals surface area contributed by atoms with Gasteiger partial charge in [-0.15, -0.1) is 5.10 Å². The van der Waals surface area contributed by atoms with Gasteiger partial charge in [0.2, 0.25) is 5.91 Å². The van der Waals surface area contributed by atoms with Gasteiger partial charge in [0.1, 0.15) is 11.2 Å². The van der Waals surface area contributed by atoms with Crippen molar-refractivity contribution in [3.05, 3.63) is 53.3 Å². The summed E-state index contributed by atoms with van der Waals surface area (Å²) in [5.74, 6) is 1.66. The number of aromatic nitrogens is 2. The Hall–Kier alpha value is -2.67. The Kier molecular flexibility index (Phi) is 6.73. The molecule has 0 bridgehead atoms. The molecule has 3 aliphatic rings. The summed E-state index contributed by atoms with van der Waals surface area (Å²) in [6.07, 6.45) is 8.88. The van der Waals surface area contributed by atoms with Crippen LogP contribution in [0.1, 0.15) is 50.6 Å². The van der Waals surface area contributed by atoms with Crippen LogP contribution in [0.3, 0.4) is 0 Å². The summed E-state index contributed by atoms with van der Waals surface area (Å²) in [6.45, 7) is 2.43. The van der Waals surface area contributed by atoms with Crippen LogP contribution in [0.15, 0.2) is 47.6 Å². The zero-order valence-electron chi connectivity index (χ0n) is 19.8. The van der Waals surface area contributed by atoms with Gasteiger partial charge in [-0.1, -0.05) is 36.6 Å². The molecule has 1 amide bonds. The zero-order chi connectivity index (χ0) is 23.5. The van der Waals surface area contributed by atoms with Crippen molar-refractivity contribution in [3.63, 3.8) is 0 Å². The number of para-hydroxylation sites is 1. The quantitative estimate of drug-likeness (QED) is 0.458. The van der Waals surface area contributed by atoms with Crippen LogP contribution in [-0.2, 0) is 4.79 Å². The molecule has 0 unspecified atom stereocenters. The number of hydrogen-bond donors (Lipinski definition) is 1. The third-order valence-electron chi connectivity index (χ3n) is 7.35. The minimum absolute atomic E-state index is 0.0582. The summed E-state index contributed by atoms with van der Waals surface area (Å²) in [7, 11) is 2.12. The van der Waals surface area contributed by atoms with Crippen molar-refractivity contribution in [1.82, 2.24) is 20.4 Å². The highest BCUT2D eigenvalue weighted by Crippen LogP contribution is 2.41. The second-order valence-corrected chi connectivity index (χ2v) is 10.3. The number of hydrogen-bond acceptors (Lipinski definition) is 5. The van der Waals surface area contributed by atoms with Gasteiger partial charge in [0.15, 0.2) is 5.84 Å². The van der Waals surface area contributed by atoms with E-state index in [0.717, 1.165) is 79.9 Å². The van der Waals surface area contributed by atoms with Crippen LogP contribution in [0.4, 0.5) is 5.69 Å². The fraction of sp³-hybridized carbons (Fsp3) is 0.538. The van der Waals surface area contributed by atoms with Crippen molar-refractivity contribution in [1.29, 1.82) is 0 Å². The highest BCUT2D eigenvalue weighted by Gasteiger charge is 2.51. The number of nitrogens with one attached hydrogen (secondary N) is 1. The first kappa shape index (κ1) is 23.1. The van der Waals surface area contributed by atoms with E-state index in [9.17, 15) is 4.79 Å². The van der Waals surface area contributed by atoms with Crippen molar-refractivity contribution in [2.45, 2.75) is 56.5 Å². The molecule has 2 aromatic rings. The Balaban J connectivity index is 1.29. The normalized spacial score (nSPS) is 20.2. The van der Waals surface area contributed by atoms with Crippen LogP contribution in [0.25, 0.3) is 0 Å². The molecule has 1 aliphatic heterocycles. The van der Waals surface area contributed by atoms with Crippen molar-refractivity contribution in [2.24, 2.45) is 10.9 Å². The Morgan fingerprint density at radius 1 is 1.18 bits per heavy atom. The molecule has 180 valence electrons. The molecule has 5 rings (SSSR count). The largest absolute Gasteiger partial charge is 0.370 e. The summed E-state index contributed by atoms with van der Waals surface area (Å²) in [4.78, 5) is 22.6. The van der Waals surface area contributed by atoms with Gasteiger partial charge in [0.25, 0.3) is 0 Å². The van der Waals surface area contributed by atoms with Crippen LogP contribution < -0.4 is 10.2 Å². The van der Waals surface area contributed by atoms with Crippen LogP contribution in [0.2, 0.25) is 5.02 Å². The molecular formula is C26H33ClN6O.